The van der Waals surface area contributed by atoms with Crippen LogP contribution in [0.5, 0.6) is 0 Å². The monoisotopic (exact) mass is 248 g/mol. The van der Waals surface area contributed by atoms with Crippen molar-refractivity contribution in [3.05, 3.63) is 28.1 Å². The smallest absolute Gasteiger partial charge is 0.0554 e. The lowest BCUT2D eigenvalue weighted by atomic mass is 10.2. The Morgan fingerprint density at radius 2 is 2.15 bits per heavy atom. The molecule has 0 spiro atoms. The van der Waals surface area contributed by atoms with E-state index in [1.165, 1.54) is 0 Å². The molecule has 0 saturated carbocycles. The number of benzene rings is 1. The van der Waals surface area contributed by atoms with Gasteiger partial charge in [0, 0.05) is 15.5 Å². The highest BCUT2D eigenvalue weighted by molar-refractivity contribution is 7.81. The van der Waals surface area contributed by atoms with Crippen molar-refractivity contribution in [2.45, 2.75) is 10.8 Å². The maximum Gasteiger partial charge on any atom is 0.0554 e. The van der Waals surface area contributed by atoms with Gasteiger partial charge in [-0.3, -0.25) is 0 Å². The van der Waals surface area contributed by atoms with E-state index < -0.39 is 0 Å². The van der Waals surface area contributed by atoms with E-state index in [0.29, 0.717) is 10.9 Å². The van der Waals surface area contributed by atoms with Gasteiger partial charge in [0.25, 0.3) is 0 Å². The fourth-order valence-electron chi connectivity index (χ4n) is 1.22. The molecular formula is C9H6Cl2S2. The summed E-state index contributed by atoms with van der Waals surface area (Å²) >= 11 is 17.7. The van der Waals surface area contributed by atoms with E-state index >= 15 is 0 Å². The molecule has 1 aromatic carbocycles. The molecule has 0 aliphatic heterocycles. The third-order valence-electron chi connectivity index (χ3n) is 1.89. The van der Waals surface area contributed by atoms with Crippen LogP contribution in [-0.2, 0) is 5.88 Å². The Morgan fingerprint density at radius 1 is 1.38 bits per heavy atom. The predicted molar refractivity (Wildman–Crippen MR) is 63.6 cm³/mol. The first-order valence-electron chi connectivity index (χ1n) is 3.67. The van der Waals surface area contributed by atoms with Gasteiger partial charge in [0.2, 0.25) is 0 Å². The number of thiol groups is 1. The molecule has 13 heavy (non-hydrogen) atoms. The third kappa shape index (κ3) is 1.57. The van der Waals surface area contributed by atoms with Crippen LogP contribution >= 0.6 is 47.2 Å². The Balaban J connectivity index is 2.81. The number of alkyl halides is 1. The van der Waals surface area contributed by atoms with Crippen LogP contribution < -0.4 is 0 Å². The van der Waals surface area contributed by atoms with E-state index in [9.17, 15) is 0 Å². The lowest BCUT2D eigenvalue weighted by molar-refractivity contribution is 1.49. The quantitative estimate of drug-likeness (QED) is 0.555. The second-order valence-corrected chi connectivity index (χ2v) is 4.67. The molecule has 4 heteroatoms. The number of thiophene rings is 1. The average Bonchev–Trinajstić information content (AvgIpc) is 2.55. The summed E-state index contributed by atoms with van der Waals surface area (Å²) in [4.78, 5) is 0.848. The van der Waals surface area contributed by atoms with Gasteiger partial charge in [-0.2, -0.15) is 0 Å². The summed E-state index contributed by atoms with van der Waals surface area (Å²) in [6.45, 7) is 0. The van der Waals surface area contributed by atoms with Gasteiger partial charge in [-0.1, -0.05) is 17.7 Å². The summed E-state index contributed by atoms with van der Waals surface area (Å²) in [6.07, 6.45) is 0. The van der Waals surface area contributed by atoms with E-state index in [1.807, 2.05) is 17.5 Å². The lowest BCUT2D eigenvalue weighted by Gasteiger charge is -1.98. The lowest BCUT2D eigenvalue weighted by Crippen LogP contribution is -1.74. The summed E-state index contributed by atoms with van der Waals surface area (Å²) < 4.78 is 1.12. The summed E-state index contributed by atoms with van der Waals surface area (Å²) in [5.41, 5.74) is 1.15. The highest BCUT2D eigenvalue weighted by Gasteiger charge is 2.07. The number of hydrogen-bond acceptors (Lipinski definition) is 2. The van der Waals surface area contributed by atoms with Crippen LogP contribution in [0.15, 0.2) is 22.4 Å². The van der Waals surface area contributed by atoms with Gasteiger partial charge in [-0.25, -0.2) is 0 Å². The third-order valence-corrected chi connectivity index (χ3v) is 4.30. The van der Waals surface area contributed by atoms with Crippen LogP contribution in [0, 0.1) is 0 Å². The molecule has 2 aromatic rings. The maximum absolute atomic E-state index is 5.94. The molecule has 0 amide bonds. The molecule has 0 atom stereocenters. The summed E-state index contributed by atoms with van der Waals surface area (Å²) in [7, 11) is 0. The molecule has 0 bridgehead atoms. The van der Waals surface area contributed by atoms with Crippen LogP contribution in [0.25, 0.3) is 10.1 Å². The normalized spacial score (nSPS) is 11.0. The Labute approximate surface area is 95.9 Å². The van der Waals surface area contributed by atoms with Gasteiger partial charge in [0.1, 0.15) is 0 Å². The van der Waals surface area contributed by atoms with Crippen molar-refractivity contribution in [3.63, 3.8) is 0 Å². The zero-order chi connectivity index (χ0) is 9.42. The Hall–Kier alpha value is 0.110. The highest BCUT2D eigenvalue weighted by Crippen LogP contribution is 2.35. The number of hydrogen-bond donors (Lipinski definition) is 1. The first-order chi connectivity index (χ1) is 6.24. The van der Waals surface area contributed by atoms with Gasteiger partial charge < -0.3 is 0 Å². The van der Waals surface area contributed by atoms with Gasteiger partial charge in [0.05, 0.1) is 5.02 Å². The van der Waals surface area contributed by atoms with Crippen LogP contribution in [-0.4, -0.2) is 0 Å². The van der Waals surface area contributed by atoms with Crippen molar-refractivity contribution in [2.75, 3.05) is 0 Å². The Bertz CT molecular complexity index is 448. The molecule has 0 aliphatic carbocycles. The Kier molecular flexibility index (Phi) is 2.75. The zero-order valence-corrected chi connectivity index (χ0v) is 9.77. The van der Waals surface area contributed by atoms with Crippen molar-refractivity contribution in [1.82, 2.24) is 0 Å². The molecule has 0 fully saturated rings. The molecular weight excluding hydrogens is 243 g/mol. The van der Waals surface area contributed by atoms with Crippen molar-refractivity contribution in [3.8, 4) is 0 Å². The average molecular weight is 249 g/mol. The van der Waals surface area contributed by atoms with Crippen LogP contribution in [0.1, 0.15) is 5.56 Å². The molecule has 0 saturated heterocycles. The molecule has 0 unspecified atom stereocenters. The second-order valence-electron chi connectivity index (χ2n) is 2.67. The molecule has 0 N–H and O–H groups in total. The van der Waals surface area contributed by atoms with Gasteiger partial charge in [-0.05, 0) is 22.4 Å². The van der Waals surface area contributed by atoms with Gasteiger partial charge in [-0.15, -0.1) is 35.6 Å². The maximum atomic E-state index is 5.94. The summed E-state index contributed by atoms with van der Waals surface area (Å²) in [6, 6.07) is 3.85. The number of rotatable bonds is 1. The first kappa shape index (κ1) is 9.66. The fourth-order valence-corrected chi connectivity index (χ4v) is 3.11. The molecule has 2 rings (SSSR count). The van der Waals surface area contributed by atoms with E-state index in [2.05, 4.69) is 12.6 Å². The minimum atomic E-state index is 0.537. The fraction of sp³-hybridized carbons (Fsp3) is 0.111. The standard InChI is InChI=1S/C9H6Cl2S2/c10-3-5-4-13-9-6(5)1-2-7(11)8(9)12/h1-2,4,12H,3H2. The van der Waals surface area contributed by atoms with E-state index in [4.69, 9.17) is 23.2 Å². The zero-order valence-electron chi connectivity index (χ0n) is 6.55. The topological polar surface area (TPSA) is 0 Å². The van der Waals surface area contributed by atoms with Crippen LogP contribution in [0.3, 0.4) is 0 Å². The molecule has 0 radical (unpaired) electrons. The molecule has 1 aromatic heterocycles. The number of halogens is 2. The summed E-state index contributed by atoms with van der Waals surface area (Å²) in [5, 5.41) is 3.90. The van der Waals surface area contributed by atoms with E-state index in [1.54, 1.807) is 11.3 Å². The van der Waals surface area contributed by atoms with E-state index in [-0.39, 0.29) is 0 Å². The highest BCUT2D eigenvalue weighted by atomic mass is 35.5. The van der Waals surface area contributed by atoms with Crippen molar-refractivity contribution in [2.24, 2.45) is 0 Å². The Morgan fingerprint density at radius 3 is 2.85 bits per heavy atom. The summed E-state index contributed by atoms with van der Waals surface area (Å²) in [5.74, 6) is 0.537. The second kappa shape index (κ2) is 3.70. The SMILES string of the molecule is Sc1c(Cl)ccc2c(CCl)csc12. The minimum Gasteiger partial charge on any atom is -0.142 e. The van der Waals surface area contributed by atoms with Crippen LogP contribution in [0.4, 0.5) is 0 Å². The molecule has 0 nitrogen and oxygen atoms in total. The first-order valence-corrected chi connectivity index (χ1v) is 5.91. The minimum absolute atomic E-state index is 0.537. The largest absolute Gasteiger partial charge is 0.142 e. The van der Waals surface area contributed by atoms with Crippen molar-refractivity contribution in [1.29, 1.82) is 0 Å². The molecule has 0 aliphatic rings. The van der Waals surface area contributed by atoms with Crippen LogP contribution in [0.2, 0.25) is 5.02 Å². The van der Waals surface area contributed by atoms with Crippen molar-refractivity contribution < 1.29 is 0 Å². The van der Waals surface area contributed by atoms with E-state index in [0.717, 1.165) is 20.5 Å². The number of fused-ring (bicyclic) bond motifs is 1. The van der Waals surface area contributed by atoms with Gasteiger partial charge in [0.15, 0.2) is 0 Å². The van der Waals surface area contributed by atoms with Crippen molar-refractivity contribution >= 4 is 57.3 Å². The predicted octanol–water partition coefficient (Wildman–Crippen LogP) is 4.58. The van der Waals surface area contributed by atoms with Gasteiger partial charge >= 0.3 is 0 Å². The molecule has 68 valence electrons. The molecule has 1 heterocycles.